The number of amides is 1. The van der Waals surface area contributed by atoms with Crippen molar-refractivity contribution in [1.82, 2.24) is 4.90 Å². The molecule has 1 amide bonds. The van der Waals surface area contributed by atoms with Crippen LogP contribution in [0.25, 0.3) is 6.08 Å². The van der Waals surface area contributed by atoms with Gasteiger partial charge in [0, 0.05) is 23.8 Å². The highest BCUT2D eigenvalue weighted by atomic mass is 32.1. The largest absolute Gasteiger partial charge is 0.328 e. The normalized spacial score (nSPS) is 15.6. The van der Waals surface area contributed by atoms with Crippen LogP contribution < -0.4 is 4.90 Å². The van der Waals surface area contributed by atoms with Crippen LogP contribution in [0.5, 0.6) is 0 Å². The molecule has 1 aromatic carbocycles. The van der Waals surface area contributed by atoms with Crippen molar-refractivity contribution >= 4 is 29.0 Å². The Morgan fingerprint density at radius 1 is 1.32 bits per heavy atom. The third-order valence-electron chi connectivity index (χ3n) is 4.32. The van der Waals surface area contributed by atoms with Gasteiger partial charge in [-0.1, -0.05) is 12.1 Å². The lowest BCUT2D eigenvalue weighted by molar-refractivity contribution is -0.917. The summed E-state index contributed by atoms with van der Waals surface area (Å²) in [4.78, 5) is 26.0. The number of nitrogens with zero attached hydrogens (tertiary/aromatic N) is 2. The predicted molar refractivity (Wildman–Crippen MR) is 97.4 cm³/mol. The molecule has 1 aromatic heterocycles. The van der Waals surface area contributed by atoms with E-state index in [0.717, 1.165) is 32.7 Å². The lowest BCUT2D eigenvalue weighted by atomic mass is 10.2. The summed E-state index contributed by atoms with van der Waals surface area (Å²) in [5.74, 6) is -0.0407. The monoisotopic (exact) mass is 358 g/mol. The van der Waals surface area contributed by atoms with Gasteiger partial charge < -0.3 is 9.80 Å². The first kappa shape index (κ1) is 17.3. The van der Waals surface area contributed by atoms with Crippen LogP contribution in [-0.4, -0.2) is 41.9 Å². The maximum absolute atomic E-state index is 12.3. The highest BCUT2D eigenvalue weighted by Gasteiger charge is 2.22. The fourth-order valence-electron chi connectivity index (χ4n) is 2.92. The summed E-state index contributed by atoms with van der Waals surface area (Å²) >= 11 is 1.71. The molecule has 25 heavy (non-hydrogen) atoms. The number of quaternary nitrogens is 1. The van der Waals surface area contributed by atoms with E-state index in [2.05, 4.69) is 16.8 Å². The molecule has 0 spiro atoms. The van der Waals surface area contributed by atoms with Crippen molar-refractivity contribution in [2.24, 2.45) is 0 Å². The van der Waals surface area contributed by atoms with E-state index >= 15 is 0 Å². The fraction of sp³-hybridized carbons (Fsp3) is 0.278. The van der Waals surface area contributed by atoms with Gasteiger partial charge in [-0.05, 0) is 28.5 Å². The molecule has 1 aliphatic heterocycles. The summed E-state index contributed by atoms with van der Waals surface area (Å²) in [6, 6.07) is 8.42. The van der Waals surface area contributed by atoms with Crippen molar-refractivity contribution in [3.05, 3.63) is 68.4 Å². The molecule has 0 atom stereocenters. The Hall–Kier alpha value is -2.51. The second kappa shape index (κ2) is 8.04. The van der Waals surface area contributed by atoms with E-state index in [1.54, 1.807) is 29.5 Å². The zero-order chi connectivity index (χ0) is 17.6. The Morgan fingerprint density at radius 3 is 2.80 bits per heavy atom. The number of benzene rings is 1. The first-order chi connectivity index (χ1) is 12.1. The number of hydrogen-bond acceptors (Lipinski definition) is 4. The van der Waals surface area contributed by atoms with Crippen molar-refractivity contribution < 1.29 is 14.6 Å². The molecule has 3 rings (SSSR count). The van der Waals surface area contributed by atoms with Crippen molar-refractivity contribution in [1.29, 1.82) is 0 Å². The van der Waals surface area contributed by atoms with Gasteiger partial charge in [-0.3, -0.25) is 14.9 Å². The van der Waals surface area contributed by atoms with Crippen molar-refractivity contribution in [2.45, 2.75) is 6.54 Å². The van der Waals surface area contributed by atoms with E-state index in [1.165, 1.54) is 28.7 Å². The van der Waals surface area contributed by atoms with E-state index in [9.17, 15) is 14.9 Å². The Morgan fingerprint density at radius 2 is 2.12 bits per heavy atom. The second-order valence-electron chi connectivity index (χ2n) is 6.07. The smallest absolute Gasteiger partial charge is 0.270 e. The number of nitro benzene ring substituents is 1. The summed E-state index contributed by atoms with van der Waals surface area (Å²) in [6.07, 6.45) is 3.14. The molecule has 1 fully saturated rings. The Labute approximate surface area is 150 Å². The van der Waals surface area contributed by atoms with Gasteiger partial charge in [0.2, 0.25) is 5.91 Å². The summed E-state index contributed by atoms with van der Waals surface area (Å²) in [5, 5.41) is 15.1. The molecule has 0 saturated carbocycles. The minimum atomic E-state index is -0.436. The second-order valence-corrected chi connectivity index (χ2v) is 6.85. The SMILES string of the molecule is O=C(/C=C/c1cccc([N+](=O)[O-])c1)N1CC[NH+](Cc2ccsc2)CC1. The van der Waals surface area contributed by atoms with Crippen LogP contribution in [0.4, 0.5) is 5.69 Å². The Bertz CT molecular complexity index is 766. The van der Waals surface area contributed by atoms with Gasteiger partial charge in [-0.25, -0.2) is 0 Å². The summed E-state index contributed by atoms with van der Waals surface area (Å²) in [7, 11) is 0. The van der Waals surface area contributed by atoms with Crippen LogP contribution in [0.2, 0.25) is 0 Å². The zero-order valence-electron chi connectivity index (χ0n) is 13.8. The van der Waals surface area contributed by atoms with E-state index in [1.807, 2.05) is 4.90 Å². The third kappa shape index (κ3) is 4.74. The highest BCUT2D eigenvalue weighted by molar-refractivity contribution is 7.07. The molecule has 1 N–H and O–H groups in total. The molecule has 6 nitrogen and oxygen atoms in total. The number of carbonyl (C=O) groups excluding carboxylic acids is 1. The fourth-order valence-corrected chi connectivity index (χ4v) is 3.59. The van der Waals surface area contributed by atoms with Crippen LogP contribution in [0, 0.1) is 10.1 Å². The summed E-state index contributed by atoms with van der Waals surface area (Å²) < 4.78 is 0. The number of carbonyl (C=O) groups is 1. The Balaban J connectivity index is 1.52. The molecule has 0 unspecified atom stereocenters. The van der Waals surface area contributed by atoms with Crippen molar-refractivity contribution in [3.63, 3.8) is 0 Å². The minimum absolute atomic E-state index is 0.0280. The molecule has 130 valence electrons. The van der Waals surface area contributed by atoms with Gasteiger partial charge >= 0.3 is 0 Å². The number of non-ortho nitro benzene ring substituents is 1. The van der Waals surface area contributed by atoms with Crippen LogP contribution in [-0.2, 0) is 11.3 Å². The van der Waals surface area contributed by atoms with Crippen molar-refractivity contribution in [3.8, 4) is 0 Å². The molecule has 2 heterocycles. The average Bonchev–Trinajstić information content (AvgIpc) is 3.13. The van der Waals surface area contributed by atoms with E-state index in [-0.39, 0.29) is 11.6 Å². The van der Waals surface area contributed by atoms with Gasteiger partial charge in [0.15, 0.2) is 0 Å². The number of thiophene rings is 1. The minimum Gasteiger partial charge on any atom is -0.328 e. The molecule has 0 radical (unpaired) electrons. The first-order valence-electron chi connectivity index (χ1n) is 8.18. The standard InChI is InChI=1S/C18H19N3O3S/c22-18(5-4-15-2-1-3-17(12-15)21(23)24)20-9-7-19(8-10-20)13-16-6-11-25-14-16/h1-6,11-12,14H,7-10,13H2/p+1/b5-4+. The van der Waals surface area contributed by atoms with Crippen molar-refractivity contribution in [2.75, 3.05) is 26.2 Å². The van der Waals surface area contributed by atoms with Gasteiger partial charge in [0.1, 0.15) is 6.54 Å². The third-order valence-corrected chi connectivity index (χ3v) is 5.05. The molecule has 0 bridgehead atoms. The van der Waals surface area contributed by atoms with E-state index in [0.29, 0.717) is 5.56 Å². The molecule has 1 aliphatic rings. The Kier molecular flexibility index (Phi) is 5.57. The lowest BCUT2D eigenvalue weighted by Gasteiger charge is -2.31. The van der Waals surface area contributed by atoms with Gasteiger partial charge in [0.05, 0.1) is 31.1 Å². The zero-order valence-corrected chi connectivity index (χ0v) is 14.6. The number of nitro groups is 1. The van der Waals surface area contributed by atoms with Crippen LogP contribution >= 0.6 is 11.3 Å². The topological polar surface area (TPSA) is 67.9 Å². The molecule has 0 aliphatic carbocycles. The van der Waals surface area contributed by atoms with Crippen LogP contribution in [0.15, 0.2) is 47.2 Å². The van der Waals surface area contributed by atoms with Gasteiger partial charge in [-0.15, -0.1) is 0 Å². The first-order valence-corrected chi connectivity index (χ1v) is 9.12. The van der Waals surface area contributed by atoms with Crippen LogP contribution in [0.1, 0.15) is 11.1 Å². The number of nitrogens with one attached hydrogen (secondary N) is 1. The summed E-state index contributed by atoms with van der Waals surface area (Å²) in [6.45, 7) is 4.35. The highest BCUT2D eigenvalue weighted by Crippen LogP contribution is 2.14. The van der Waals surface area contributed by atoms with Gasteiger partial charge in [0.25, 0.3) is 5.69 Å². The maximum atomic E-state index is 12.3. The lowest BCUT2D eigenvalue weighted by Crippen LogP contribution is -3.13. The molecular formula is C18H20N3O3S+. The molecule has 2 aromatic rings. The number of piperazine rings is 1. The van der Waals surface area contributed by atoms with E-state index in [4.69, 9.17) is 0 Å². The van der Waals surface area contributed by atoms with Gasteiger partial charge in [-0.2, -0.15) is 11.3 Å². The number of hydrogen-bond donors (Lipinski definition) is 1. The molecular weight excluding hydrogens is 338 g/mol. The quantitative estimate of drug-likeness (QED) is 0.501. The average molecular weight is 358 g/mol. The predicted octanol–water partition coefficient (Wildman–Crippen LogP) is 1.60. The maximum Gasteiger partial charge on any atom is 0.270 e. The molecule has 1 saturated heterocycles. The van der Waals surface area contributed by atoms with Crippen LogP contribution in [0.3, 0.4) is 0 Å². The summed E-state index contributed by atoms with van der Waals surface area (Å²) in [5.41, 5.74) is 2.04. The van der Waals surface area contributed by atoms with E-state index < -0.39 is 4.92 Å². The molecule has 7 heteroatoms. The number of rotatable bonds is 5.